The molecule has 2 aliphatic heterocycles. The number of carbonyl (C=O) groups is 1. The lowest BCUT2D eigenvalue weighted by atomic mass is 10.0. The van der Waals surface area contributed by atoms with Gasteiger partial charge < -0.3 is 9.32 Å². The fourth-order valence-electron chi connectivity index (χ4n) is 4.62. The van der Waals surface area contributed by atoms with Crippen molar-refractivity contribution in [2.24, 2.45) is 0 Å². The summed E-state index contributed by atoms with van der Waals surface area (Å²) in [6.07, 6.45) is 9.58. The van der Waals surface area contributed by atoms with E-state index in [1.54, 1.807) is 23.8 Å². The number of nitrogens with zero attached hydrogens (tertiary/aromatic N) is 4. The molecule has 7 nitrogen and oxygen atoms in total. The first-order valence-electron chi connectivity index (χ1n) is 12.2. The molecule has 2 saturated heterocycles. The number of unbranched alkanes of at least 4 members (excludes halogenated alkanes) is 1. The van der Waals surface area contributed by atoms with Gasteiger partial charge in [0.05, 0.1) is 17.7 Å². The van der Waals surface area contributed by atoms with Crippen molar-refractivity contribution in [1.82, 2.24) is 9.47 Å². The topological polar surface area (TPSA) is 82.5 Å². The van der Waals surface area contributed by atoms with Crippen LogP contribution in [0.1, 0.15) is 67.9 Å². The largest absolute Gasteiger partial charge is 0.467 e. The Bertz CT molecular complexity index is 1230. The molecular weight excluding hydrogens is 480 g/mol. The molecular formula is C26H30N4O3S2. The van der Waals surface area contributed by atoms with Crippen LogP contribution in [-0.2, 0) is 17.9 Å². The van der Waals surface area contributed by atoms with E-state index in [1.165, 1.54) is 16.7 Å². The second-order valence-corrected chi connectivity index (χ2v) is 10.6. The van der Waals surface area contributed by atoms with Gasteiger partial charge in [-0.2, -0.15) is 5.26 Å². The molecule has 0 unspecified atom stereocenters. The minimum Gasteiger partial charge on any atom is -0.467 e. The third-order valence-electron chi connectivity index (χ3n) is 6.53. The smallest absolute Gasteiger partial charge is 0.270 e. The van der Waals surface area contributed by atoms with Gasteiger partial charge in [-0.15, -0.1) is 0 Å². The van der Waals surface area contributed by atoms with E-state index in [2.05, 4.69) is 17.9 Å². The van der Waals surface area contributed by atoms with Crippen LogP contribution < -0.4 is 10.5 Å². The molecule has 9 heteroatoms. The maximum Gasteiger partial charge on any atom is 0.270 e. The Labute approximate surface area is 215 Å². The lowest BCUT2D eigenvalue weighted by Crippen LogP contribution is -2.35. The highest BCUT2D eigenvalue weighted by Crippen LogP contribution is 2.37. The van der Waals surface area contributed by atoms with Crippen molar-refractivity contribution < 1.29 is 9.21 Å². The summed E-state index contributed by atoms with van der Waals surface area (Å²) < 4.78 is 7.63. The minimum atomic E-state index is -0.250. The zero-order valence-electron chi connectivity index (χ0n) is 20.2. The molecule has 0 atom stereocenters. The normalized spacial score (nSPS) is 17.8. The van der Waals surface area contributed by atoms with Crippen LogP contribution >= 0.6 is 24.0 Å². The molecule has 2 fully saturated rings. The molecule has 184 valence electrons. The van der Waals surface area contributed by atoms with Crippen LogP contribution in [0.15, 0.2) is 32.5 Å². The molecule has 35 heavy (non-hydrogen) atoms. The number of hydrogen-bond donors (Lipinski definition) is 0. The van der Waals surface area contributed by atoms with Crippen molar-refractivity contribution >= 4 is 46.1 Å². The average molecular weight is 511 g/mol. The number of rotatable bonds is 7. The predicted octanol–water partition coefficient (Wildman–Crippen LogP) is 5.20. The van der Waals surface area contributed by atoms with Gasteiger partial charge in [0.1, 0.15) is 27.5 Å². The Morgan fingerprint density at radius 2 is 1.97 bits per heavy atom. The first kappa shape index (κ1) is 25.3. The van der Waals surface area contributed by atoms with Crippen LogP contribution in [0.2, 0.25) is 0 Å². The fourth-order valence-corrected chi connectivity index (χ4v) is 5.85. The molecule has 2 aromatic rings. The highest BCUT2D eigenvalue weighted by Gasteiger charge is 2.34. The summed E-state index contributed by atoms with van der Waals surface area (Å²) in [7, 11) is 0. The fraction of sp³-hybridized carbons (Fsp3) is 0.462. The number of anilines is 1. The van der Waals surface area contributed by atoms with E-state index < -0.39 is 0 Å². The van der Waals surface area contributed by atoms with E-state index >= 15 is 0 Å². The summed E-state index contributed by atoms with van der Waals surface area (Å²) in [6, 6.07) is 5.72. The Morgan fingerprint density at radius 1 is 1.23 bits per heavy atom. The number of thiocarbonyl (C=S) groups is 1. The van der Waals surface area contributed by atoms with Crippen molar-refractivity contribution in [3.63, 3.8) is 0 Å². The monoisotopic (exact) mass is 510 g/mol. The predicted molar refractivity (Wildman–Crippen MR) is 143 cm³/mol. The van der Waals surface area contributed by atoms with Crippen LogP contribution in [0.3, 0.4) is 0 Å². The average Bonchev–Trinajstić information content (AvgIpc) is 3.34. The Kier molecular flexibility index (Phi) is 8.14. The number of nitriles is 1. The molecule has 2 aliphatic rings. The SMILES string of the molecule is CCCCn1c(N2CCCCCC2)c(/C=C2/SC(=S)N(Cc3ccco3)C2=O)c(C)c(C#N)c1=O. The van der Waals surface area contributed by atoms with Gasteiger partial charge in [-0.25, -0.2) is 0 Å². The van der Waals surface area contributed by atoms with Gasteiger partial charge >= 0.3 is 0 Å². The molecule has 2 aromatic heterocycles. The van der Waals surface area contributed by atoms with Crippen LogP contribution in [0.4, 0.5) is 5.82 Å². The lowest BCUT2D eigenvalue weighted by molar-refractivity contribution is -0.122. The number of pyridine rings is 1. The maximum absolute atomic E-state index is 13.4. The molecule has 4 heterocycles. The van der Waals surface area contributed by atoms with Gasteiger partial charge in [-0.3, -0.25) is 19.1 Å². The Hall–Kier alpha value is -2.83. The Balaban J connectivity index is 1.84. The summed E-state index contributed by atoms with van der Waals surface area (Å²) in [5.41, 5.74) is 1.26. The van der Waals surface area contributed by atoms with E-state index in [9.17, 15) is 14.9 Å². The standard InChI is InChI=1S/C26H30N4O3S2/c1-3-4-13-29-23(28-11-7-5-6-8-12-28)20(18(2)21(16-27)24(29)31)15-22-25(32)30(26(34)35-22)17-19-10-9-14-33-19/h9-10,14-15H,3-8,11-13,17H2,1-2H3/b22-15+. The molecule has 0 spiro atoms. The number of carbonyl (C=O) groups excluding carboxylic acids is 1. The number of aromatic nitrogens is 1. The van der Waals surface area contributed by atoms with Crippen molar-refractivity contribution in [2.45, 2.75) is 65.5 Å². The van der Waals surface area contributed by atoms with Crippen LogP contribution in [-0.4, -0.2) is 32.8 Å². The first-order valence-corrected chi connectivity index (χ1v) is 13.4. The van der Waals surface area contributed by atoms with E-state index in [0.29, 0.717) is 27.1 Å². The third-order valence-corrected chi connectivity index (χ3v) is 7.91. The quantitative estimate of drug-likeness (QED) is 0.374. The van der Waals surface area contributed by atoms with E-state index in [-0.39, 0.29) is 23.6 Å². The molecule has 1 amide bonds. The van der Waals surface area contributed by atoms with Crippen molar-refractivity contribution in [3.8, 4) is 6.07 Å². The zero-order chi connectivity index (χ0) is 24.9. The lowest BCUT2D eigenvalue weighted by Gasteiger charge is -2.29. The Morgan fingerprint density at radius 3 is 2.60 bits per heavy atom. The molecule has 0 bridgehead atoms. The van der Waals surface area contributed by atoms with Gasteiger partial charge in [0, 0.05) is 25.2 Å². The summed E-state index contributed by atoms with van der Waals surface area (Å²) in [6.45, 7) is 6.39. The van der Waals surface area contributed by atoms with Gasteiger partial charge in [0.15, 0.2) is 0 Å². The molecule has 0 radical (unpaired) electrons. The van der Waals surface area contributed by atoms with Gasteiger partial charge in [0.2, 0.25) is 0 Å². The molecule has 0 saturated carbocycles. The van der Waals surface area contributed by atoms with Gasteiger partial charge in [-0.1, -0.05) is 50.2 Å². The second kappa shape index (κ2) is 11.3. The maximum atomic E-state index is 13.4. The molecule has 4 rings (SSSR count). The van der Waals surface area contributed by atoms with Gasteiger partial charge in [0.25, 0.3) is 11.5 Å². The number of furan rings is 1. The first-order chi connectivity index (χ1) is 17.0. The zero-order valence-corrected chi connectivity index (χ0v) is 21.8. The van der Waals surface area contributed by atoms with E-state index in [4.69, 9.17) is 16.6 Å². The minimum absolute atomic E-state index is 0.136. The van der Waals surface area contributed by atoms with E-state index in [0.717, 1.165) is 63.0 Å². The summed E-state index contributed by atoms with van der Waals surface area (Å²) in [5.74, 6) is 1.28. The second-order valence-electron chi connectivity index (χ2n) is 8.91. The van der Waals surface area contributed by atoms with Crippen molar-refractivity contribution in [1.29, 1.82) is 5.26 Å². The van der Waals surface area contributed by atoms with Crippen molar-refractivity contribution in [3.05, 3.63) is 56.1 Å². The summed E-state index contributed by atoms with van der Waals surface area (Å²) in [5, 5.41) is 9.85. The number of hydrogen-bond acceptors (Lipinski definition) is 7. The van der Waals surface area contributed by atoms with Crippen LogP contribution in [0, 0.1) is 18.3 Å². The van der Waals surface area contributed by atoms with E-state index in [1.807, 2.05) is 12.1 Å². The number of thioether (sulfide) groups is 1. The summed E-state index contributed by atoms with van der Waals surface area (Å²) >= 11 is 6.76. The van der Waals surface area contributed by atoms with Crippen molar-refractivity contribution in [2.75, 3.05) is 18.0 Å². The summed E-state index contributed by atoms with van der Waals surface area (Å²) in [4.78, 5) is 31.0. The number of amides is 1. The molecule has 0 N–H and O–H groups in total. The van der Waals surface area contributed by atoms with Crippen LogP contribution in [0.25, 0.3) is 6.08 Å². The highest BCUT2D eigenvalue weighted by atomic mass is 32.2. The molecule has 0 aliphatic carbocycles. The van der Waals surface area contributed by atoms with Gasteiger partial charge in [-0.05, 0) is 50.0 Å². The van der Waals surface area contributed by atoms with Crippen LogP contribution in [0.5, 0.6) is 0 Å². The molecule has 0 aromatic carbocycles. The highest BCUT2D eigenvalue weighted by molar-refractivity contribution is 8.26. The third kappa shape index (κ3) is 5.24.